The minimum Gasteiger partial charge on any atom is -0.486 e. The predicted molar refractivity (Wildman–Crippen MR) is 141 cm³/mol. The van der Waals surface area contributed by atoms with Crippen LogP contribution in [0.1, 0.15) is 84.3 Å². The molecule has 196 valence electrons. The topological polar surface area (TPSA) is 70.0 Å². The fourth-order valence-corrected chi connectivity index (χ4v) is 5.28. The first-order valence-corrected chi connectivity index (χ1v) is 13.0. The van der Waals surface area contributed by atoms with Gasteiger partial charge >= 0.3 is 0 Å². The smallest absolute Gasteiger partial charge is 0.167 e. The summed E-state index contributed by atoms with van der Waals surface area (Å²) in [6.07, 6.45) is 8.24. The van der Waals surface area contributed by atoms with Crippen molar-refractivity contribution in [3.63, 3.8) is 0 Å². The Bertz CT molecular complexity index is 720. The van der Waals surface area contributed by atoms with Crippen LogP contribution in [0.5, 0.6) is 5.75 Å². The first-order valence-electron chi connectivity index (χ1n) is 13.0. The van der Waals surface area contributed by atoms with Crippen molar-refractivity contribution in [3.05, 3.63) is 29.3 Å². The molecule has 0 amide bonds. The van der Waals surface area contributed by atoms with E-state index in [4.69, 9.17) is 4.74 Å². The highest BCUT2D eigenvalue weighted by molar-refractivity contribution is 5.77. The summed E-state index contributed by atoms with van der Waals surface area (Å²) in [6, 6.07) is 6.12. The first-order chi connectivity index (χ1) is 15.8. The van der Waals surface area contributed by atoms with Crippen molar-refractivity contribution in [2.45, 2.75) is 98.2 Å². The zero-order valence-electron chi connectivity index (χ0n) is 21.6. The molecule has 5 atom stereocenters. The van der Waals surface area contributed by atoms with Gasteiger partial charge < -0.3 is 19.8 Å². The van der Waals surface area contributed by atoms with Gasteiger partial charge in [0.1, 0.15) is 12.4 Å². The standard InChI is InChI=1S/C24H36O4.C4H11N.CH4/c1-3-4-5-8-19(26)10-11-20-21-12-17-7-6-9-24(28-15-16(2)25)22(17)13-18(21)14-23(20)27;1-4-5(2)3;/h6-7,9,18-21,23,26-27H,3-5,8,10-15H2,1-2H3;4H2,1-3H3;1H4/t18-,19-,20+,21-,23+;;/m0../s1. The van der Waals surface area contributed by atoms with E-state index in [0.29, 0.717) is 11.8 Å². The van der Waals surface area contributed by atoms with Crippen LogP contribution in [-0.4, -0.2) is 60.4 Å². The molecule has 5 nitrogen and oxygen atoms in total. The number of ether oxygens (including phenoxy) is 1. The van der Waals surface area contributed by atoms with Gasteiger partial charge in [0.05, 0.1) is 12.2 Å². The van der Waals surface area contributed by atoms with Gasteiger partial charge in [-0.25, -0.2) is 0 Å². The van der Waals surface area contributed by atoms with E-state index in [1.54, 1.807) is 6.92 Å². The van der Waals surface area contributed by atoms with E-state index in [2.05, 4.69) is 38.9 Å². The summed E-state index contributed by atoms with van der Waals surface area (Å²) in [5.74, 6) is 2.08. The molecule has 3 rings (SSSR count). The van der Waals surface area contributed by atoms with Gasteiger partial charge in [-0.05, 0) is 101 Å². The Morgan fingerprint density at radius 2 is 1.88 bits per heavy atom. The SMILES string of the molecule is C.CCCCC[C@H](O)CC[C@@H]1[C@H]2Cc3cccc(OCC(C)=O)c3C[C@H]2C[C@H]1O.CCN(C)C. The van der Waals surface area contributed by atoms with Crippen LogP contribution in [0.3, 0.4) is 0 Å². The Labute approximate surface area is 208 Å². The van der Waals surface area contributed by atoms with E-state index >= 15 is 0 Å². The normalized spacial score (nSPS) is 23.8. The number of aliphatic hydroxyl groups excluding tert-OH is 2. The number of hydrogen-bond donors (Lipinski definition) is 2. The van der Waals surface area contributed by atoms with E-state index in [1.165, 1.54) is 24.0 Å². The van der Waals surface area contributed by atoms with Crippen LogP contribution in [0.2, 0.25) is 0 Å². The Kier molecular flexibility index (Phi) is 14.0. The molecule has 5 heteroatoms. The van der Waals surface area contributed by atoms with Crippen molar-refractivity contribution in [3.8, 4) is 5.75 Å². The van der Waals surface area contributed by atoms with E-state index < -0.39 is 0 Å². The Balaban J connectivity index is 0.000000873. The predicted octanol–water partition coefficient (Wildman–Crippen LogP) is 5.29. The van der Waals surface area contributed by atoms with Crippen LogP contribution in [0.25, 0.3) is 0 Å². The highest BCUT2D eigenvalue weighted by Crippen LogP contribution is 2.48. The third-order valence-corrected chi connectivity index (χ3v) is 7.38. The van der Waals surface area contributed by atoms with Crippen molar-refractivity contribution in [2.24, 2.45) is 17.8 Å². The number of ketones is 1. The Morgan fingerprint density at radius 3 is 2.50 bits per heavy atom. The molecule has 34 heavy (non-hydrogen) atoms. The number of unbranched alkanes of at least 4 members (excludes halogenated alkanes) is 2. The van der Waals surface area contributed by atoms with Crippen molar-refractivity contribution < 1.29 is 19.7 Å². The van der Waals surface area contributed by atoms with Crippen LogP contribution in [-0.2, 0) is 17.6 Å². The third kappa shape index (κ3) is 9.31. The molecule has 0 bridgehead atoms. The average molecular weight is 478 g/mol. The number of carbonyl (C=O) groups excluding carboxylic acids is 1. The second-order valence-electron chi connectivity index (χ2n) is 10.3. The van der Waals surface area contributed by atoms with Gasteiger partial charge in [0.2, 0.25) is 0 Å². The number of aliphatic hydroxyl groups is 2. The summed E-state index contributed by atoms with van der Waals surface area (Å²) in [5.41, 5.74) is 2.52. The molecule has 0 unspecified atom stereocenters. The van der Waals surface area contributed by atoms with Crippen LogP contribution < -0.4 is 4.74 Å². The number of fused-ring (bicyclic) bond motifs is 2. The van der Waals surface area contributed by atoms with Gasteiger partial charge in [-0.1, -0.05) is 52.7 Å². The molecule has 2 aliphatic rings. The Morgan fingerprint density at radius 1 is 1.18 bits per heavy atom. The van der Waals surface area contributed by atoms with Gasteiger partial charge in [-0.15, -0.1) is 0 Å². The summed E-state index contributed by atoms with van der Waals surface area (Å²) in [5, 5.41) is 21.0. The molecule has 0 radical (unpaired) electrons. The number of benzene rings is 1. The lowest BCUT2D eigenvalue weighted by molar-refractivity contribution is -0.118. The number of Topliss-reactive ketones (excluding diaryl/α,β-unsaturated/α-hetero) is 1. The molecule has 0 spiro atoms. The van der Waals surface area contributed by atoms with Gasteiger partial charge in [0.25, 0.3) is 0 Å². The summed E-state index contributed by atoms with van der Waals surface area (Å²) >= 11 is 0. The van der Waals surface area contributed by atoms with Crippen molar-refractivity contribution in [2.75, 3.05) is 27.2 Å². The summed E-state index contributed by atoms with van der Waals surface area (Å²) < 4.78 is 5.75. The second kappa shape index (κ2) is 15.5. The number of hydrogen-bond acceptors (Lipinski definition) is 5. The molecule has 2 N–H and O–H groups in total. The quantitative estimate of drug-likeness (QED) is 0.424. The second-order valence-corrected chi connectivity index (χ2v) is 10.3. The summed E-state index contributed by atoms with van der Waals surface area (Å²) in [4.78, 5) is 13.4. The molecule has 1 aromatic rings. The van der Waals surface area contributed by atoms with E-state index in [1.807, 2.05) is 12.1 Å². The molecule has 2 aliphatic carbocycles. The van der Waals surface area contributed by atoms with Gasteiger partial charge in [0.15, 0.2) is 5.78 Å². The summed E-state index contributed by atoms with van der Waals surface area (Å²) in [6.45, 7) is 7.10. The molecular weight excluding hydrogens is 426 g/mol. The number of nitrogens with zero attached hydrogens (tertiary/aromatic N) is 1. The monoisotopic (exact) mass is 477 g/mol. The zero-order chi connectivity index (χ0) is 24.4. The van der Waals surface area contributed by atoms with Crippen LogP contribution in [0.15, 0.2) is 18.2 Å². The van der Waals surface area contributed by atoms with Crippen LogP contribution in [0.4, 0.5) is 0 Å². The lowest BCUT2D eigenvalue weighted by Crippen LogP contribution is -2.28. The third-order valence-electron chi connectivity index (χ3n) is 7.38. The van der Waals surface area contributed by atoms with Crippen LogP contribution >= 0.6 is 0 Å². The zero-order valence-corrected chi connectivity index (χ0v) is 21.6. The number of rotatable bonds is 11. The molecule has 1 aromatic carbocycles. The molecule has 0 heterocycles. The van der Waals surface area contributed by atoms with Crippen molar-refractivity contribution >= 4 is 5.78 Å². The first kappa shape index (κ1) is 30.6. The molecule has 0 aromatic heterocycles. The molecule has 0 aliphatic heterocycles. The van der Waals surface area contributed by atoms with E-state index in [0.717, 1.165) is 57.2 Å². The molecular formula is C29H51NO4. The van der Waals surface area contributed by atoms with Crippen molar-refractivity contribution in [1.82, 2.24) is 4.90 Å². The largest absolute Gasteiger partial charge is 0.486 e. The maximum absolute atomic E-state index is 11.3. The molecule has 1 saturated carbocycles. The van der Waals surface area contributed by atoms with Gasteiger partial charge in [-0.3, -0.25) is 4.79 Å². The molecule has 1 fully saturated rings. The fraction of sp³-hybridized carbons (Fsp3) is 0.759. The minimum atomic E-state index is -0.270. The lowest BCUT2D eigenvalue weighted by Gasteiger charge is -2.32. The van der Waals surface area contributed by atoms with E-state index in [9.17, 15) is 15.0 Å². The number of carbonyl (C=O) groups is 1. The minimum absolute atomic E-state index is 0. The highest BCUT2D eigenvalue weighted by atomic mass is 16.5. The average Bonchev–Trinajstić information content (AvgIpc) is 3.09. The van der Waals surface area contributed by atoms with E-state index in [-0.39, 0.29) is 37.9 Å². The molecule has 0 saturated heterocycles. The highest BCUT2D eigenvalue weighted by Gasteiger charge is 2.44. The lowest BCUT2D eigenvalue weighted by atomic mass is 9.73. The van der Waals surface area contributed by atoms with Crippen molar-refractivity contribution in [1.29, 1.82) is 0 Å². The fourth-order valence-electron chi connectivity index (χ4n) is 5.28. The summed E-state index contributed by atoms with van der Waals surface area (Å²) in [7, 11) is 4.11. The maximum Gasteiger partial charge on any atom is 0.167 e. The van der Waals surface area contributed by atoms with Crippen LogP contribution in [0, 0.1) is 17.8 Å². The van der Waals surface area contributed by atoms with Gasteiger partial charge in [0, 0.05) is 0 Å². The maximum atomic E-state index is 11.3. The van der Waals surface area contributed by atoms with Gasteiger partial charge in [-0.2, -0.15) is 0 Å². The Hall–Kier alpha value is -1.43.